The number of unbranched alkanes of at least 4 members (excludes halogenated alkanes) is 1. The van der Waals surface area contributed by atoms with Crippen LogP contribution >= 0.6 is 11.8 Å². The molecule has 1 unspecified atom stereocenters. The Morgan fingerprint density at radius 1 is 1.31 bits per heavy atom. The SMILES string of the molecule is CCCCOC(=O)CSC(C)OCC(C)C. The Morgan fingerprint density at radius 2 is 2.00 bits per heavy atom. The molecule has 3 nitrogen and oxygen atoms in total. The van der Waals surface area contributed by atoms with Gasteiger partial charge in [-0.25, -0.2) is 0 Å². The average molecular weight is 248 g/mol. The van der Waals surface area contributed by atoms with E-state index in [1.165, 1.54) is 11.8 Å². The second kappa shape index (κ2) is 9.97. The van der Waals surface area contributed by atoms with E-state index in [2.05, 4.69) is 20.8 Å². The highest BCUT2D eigenvalue weighted by atomic mass is 32.2. The molecule has 4 heteroatoms. The lowest BCUT2D eigenvalue weighted by Gasteiger charge is -2.13. The van der Waals surface area contributed by atoms with E-state index in [1.54, 1.807) is 0 Å². The maximum absolute atomic E-state index is 11.3. The average Bonchev–Trinajstić information content (AvgIpc) is 2.24. The summed E-state index contributed by atoms with van der Waals surface area (Å²) in [6.07, 6.45) is 1.99. The molecular formula is C12H24O3S. The molecule has 0 spiro atoms. The van der Waals surface area contributed by atoms with Gasteiger partial charge >= 0.3 is 5.97 Å². The number of rotatable bonds is 9. The Hall–Kier alpha value is -0.220. The number of carbonyl (C=O) groups is 1. The number of esters is 1. The second-order valence-corrected chi connectivity index (χ2v) is 5.47. The van der Waals surface area contributed by atoms with Crippen LogP contribution in [0.1, 0.15) is 40.5 Å². The van der Waals surface area contributed by atoms with E-state index in [-0.39, 0.29) is 11.4 Å². The quantitative estimate of drug-likeness (QED) is 0.357. The maximum atomic E-state index is 11.3. The standard InChI is InChI=1S/C12H24O3S/c1-5-6-7-14-12(13)9-16-11(4)15-8-10(2)3/h10-11H,5-9H2,1-4H3. The molecule has 0 aromatic carbocycles. The lowest BCUT2D eigenvalue weighted by atomic mass is 10.2. The van der Waals surface area contributed by atoms with Crippen molar-refractivity contribution < 1.29 is 14.3 Å². The van der Waals surface area contributed by atoms with E-state index < -0.39 is 0 Å². The number of hydrogen-bond donors (Lipinski definition) is 0. The summed E-state index contributed by atoms with van der Waals surface area (Å²) in [4.78, 5) is 11.3. The van der Waals surface area contributed by atoms with Crippen molar-refractivity contribution in [3.05, 3.63) is 0 Å². The van der Waals surface area contributed by atoms with Crippen LogP contribution in [0.2, 0.25) is 0 Å². The summed E-state index contributed by atoms with van der Waals surface area (Å²) in [6.45, 7) is 9.53. The van der Waals surface area contributed by atoms with Crippen molar-refractivity contribution in [1.82, 2.24) is 0 Å². The minimum atomic E-state index is -0.140. The fourth-order valence-electron chi connectivity index (χ4n) is 0.933. The van der Waals surface area contributed by atoms with Crippen LogP contribution in [0.5, 0.6) is 0 Å². The molecule has 0 rings (SSSR count). The van der Waals surface area contributed by atoms with E-state index in [0.717, 1.165) is 19.4 Å². The molecule has 0 heterocycles. The highest BCUT2D eigenvalue weighted by Crippen LogP contribution is 2.13. The fraction of sp³-hybridized carbons (Fsp3) is 0.917. The molecule has 0 aliphatic carbocycles. The smallest absolute Gasteiger partial charge is 0.315 e. The molecule has 0 aliphatic rings. The van der Waals surface area contributed by atoms with Crippen LogP contribution in [0.3, 0.4) is 0 Å². The largest absolute Gasteiger partial charge is 0.465 e. The molecule has 0 N–H and O–H groups in total. The first-order chi connectivity index (χ1) is 7.56. The first-order valence-electron chi connectivity index (χ1n) is 5.95. The molecule has 0 saturated carbocycles. The summed E-state index contributed by atoms with van der Waals surface area (Å²) in [5, 5.41) is 0. The molecule has 16 heavy (non-hydrogen) atoms. The van der Waals surface area contributed by atoms with Gasteiger partial charge in [-0.2, -0.15) is 0 Å². The Labute approximate surface area is 103 Å². The highest BCUT2D eigenvalue weighted by molar-refractivity contribution is 8.00. The molecular weight excluding hydrogens is 224 g/mol. The molecule has 0 saturated heterocycles. The third-order valence-electron chi connectivity index (χ3n) is 1.86. The first-order valence-corrected chi connectivity index (χ1v) is 7.00. The zero-order valence-electron chi connectivity index (χ0n) is 10.8. The van der Waals surface area contributed by atoms with Crippen molar-refractivity contribution in [1.29, 1.82) is 0 Å². The number of thioether (sulfide) groups is 1. The van der Waals surface area contributed by atoms with Crippen LogP contribution in [0.15, 0.2) is 0 Å². The molecule has 0 bridgehead atoms. The third kappa shape index (κ3) is 10.3. The highest BCUT2D eigenvalue weighted by Gasteiger charge is 2.08. The summed E-state index contributed by atoms with van der Waals surface area (Å²) in [7, 11) is 0. The third-order valence-corrected chi connectivity index (χ3v) is 2.87. The Balaban J connectivity index is 3.43. The van der Waals surface area contributed by atoms with E-state index in [9.17, 15) is 4.79 Å². The van der Waals surface area contributed by atoms with Gasteiger partial charge in [0.2, 0.25) is 0 Å². The van der Waals surface area contributed by atoms with Crippen LogP contribution < -0.4 is 0 Å². The maximum Gasteiger partial charge on any atom is 0.315 e. The molecule has 0 aliphatic heterocycles. The molecule has 0 amide bonds. The molecule has 96 valence electrons. The zero-order valence-corrected chi connectivity index (χ0v) is 11.6. The van der Waals surface area contributed by atoms with Crippen LogP contribution in [0, 0.1) is 5.92 Å². The van der Waals surface area contributed by atoms with Gasteiger partial charge in [0.25, 0.3) is 0 Å². The van der Waals surface area contributed by atoms with Gasteiger partial charge in [-0.3, -0.25) is 4.79 Å². The van der Waals surface area contributed by atoms with Crippen molar-refractivity contribution in [3.8, 4) is 0 Å². The predicted octanol–water partition coefficient (Wildman–Crippen LogP) is 3.08. The summed E-state index contributed by atoms with van der Waals surface area (Å²) in [5.41, 5.74) is 0.0566. The fourth-order valence-corrected chi connectivity index (χ4v) is 1.56. The van der Waals surface area contributed by atoms with Crippen LogP contribution in [-0.2, 0) is 14.3 Å². The molecule has 0 fully saturated rings. The van der Waals surface area contributed by atoms with E-state index >= 15 is 0 Å². The Morgan fingerprint density at radius 3 is 2.56 bits per heavy atom. The Bertz CT molecular complexity index is 183. The number of hydrogen-bond acceptors (Lipinski definition) is 4. The zero-order chi connectivity index (χ0) is 12.4. The molecule has 0 radical (unpaired) electrons. The van der Waals surface area contributed by atoms with Gasteiger partial charge in [-0.15, -0.1) is 11.8 Å². The van der Waals surface area contributed by atoms with Gasteiger partial charge in [0.05, 0.1) is 19.0 Å². The minimum absolute atomic E-state index is 0.0566. The van der Waals surface area contributed by atoms with Crippen molar-refractivity contribution in [2.75, 3.05) is 19.0 Å². The Kier molecular flexibility index (Phi) is 9.83. The van der Waals surface area contributed by atoms with Crippen LogP contribution in [0.4, 0.5) is 0 Å². The van der Waals surface area contributed by atoms with Gasteiger partial charge in [0, 0.05) is 0 Å². The lowest BCUT2D eigenvalue weighted by Crippen LogP contribution is -2.14. The van der Waals surface area contributed by atoms with Crippen molar-refractivity contribution in [3.63, 3.8) is 0 Å². The number of carbonyl (C=O) groups excluding carboxylic acids is 1. The van der Waals surface area contributed by atoms with E-state index in [0.29, 0.717) is 18.3 Å². The second-order valence-electron chi connectivity index (χ2n) is 4.18. The van der Waals surface area contributed by atoms with Gasteiger partial charge in [0.1, 0.15) is 5.44 Å². The molecule has 0 aromatic rings. The van der Waals surface area contributed by atoms with E-state index in [1.807, 2.05) is 6.92 Å². The summed E-state index contributed by atoms with van der Waals surface area (Å²) >= 11 is 1.49. The van der Waals surface area contributed by atoms with Crippen molar-refractivity contribution >= 4 is 17.7 Å². The topological polar surface area (TPSA) is 35.5 Å². The summed E-state index contributed by atoms with van der Waals surface area (Å²) < 4.78 is 10.6. The predicted molar refractivity (Wildman–Crippen MR) is 68.6 cm³/mol. The monoisotopic (exact) mass is 248 g/mol. The normalized spacial score (nSPS) is 12.8. The minimum Gasteiger partial charge on any atom is -0.465 e. The lowest BCUT2D eigenvalue weighted by molar-refractivity contribution is -0.140. The summed E-state index contributed by atoms with van der Waals surface area (Å²) in [5.74, 6) is 0.765. The van der Waals surface area contributed by atoms with Crippen LogP contribution in [0.25, 0.3) is 0 Å². The van der Waals surface area contributed by atoms with Gasteiger partial charge in [-0.05, 0) is 19.3 Å². The van der Waals surface area contributed by atoms with E-state index in [4.69, 9.17) is 9.47 Å². The van der Waals surface area contributed by atoms with Crippen molar-refractivity contribution in [2.45, 2.75) is 46.0 Å². The molecule has 1 atom stereocenters. The first kappa shape index (κ1) is 15.8. The number of ether oxygens (including phenoxy) is 2. The van der Waals surface area contributed by atoms with Crippen LogP contribution in [-0.4, -0.2) is 30.4 Å². The van der Waals surface area contributed by atoms with Gasteiger partial charge in [0.15, 0.2) is 0 Å². The van der Waals surface area contributed by atoms with Gasteiger partial charge < -0.3 is 9.47 Å². The van der Waals surface area contributed by atoms with Gasteiger partial charge in [-0.1, -0.05) is 27.2 Å². The van der Waals surface area contributed by atoms with Crippen molar-refractivity contribution in [2.24, 2.45) is 5.92 Å². The summed E-state index contributed by atoms with van der Waals surface area (Å²) in [6, 6.07) is 0. The molecule has 0 aromatic heterocycles.